The van der Waals surface area contributed by atoms with Crippen molar-refractivity contribution in [3.63, 3.8) is 0 Å². The molecule has 5 heteroatoms. The summed E-state index contributed by atoms with van der Waals surface area (Å²) in [5.41, 5.74) is 2.44. The standard InChI is InChI=1S/C16H13F3O2/c1-2-11-4-3-5-13(6-11)14-7-12(10-20)8-15(9-14)21-16(17,18)19/h3-10H,2H2,1H3. The number of alkyl halides is 3. The zero-order valence-corrected chi connectivity index (χ0v) is 11.3. The predicted molar refractivity (Wildman–Crippen MR) is 73.3 cm³/mol. The van der Waals surface area contributed by atoms with Gasteiger partial charge in [-0.15, -0.1) is 13.2 Å². The second-order valence-electron chi connectivity index (χ2n) is 4.51. The summed E-state index contributed by atoms with van der Waals surface area (Å²) in [7, 11) is 0. The van der Waals surface area contributed by atoms with Crippen LogP contribution in [-0.4, -0.2) is 12.6 Å². The van der Waals surface area contributed by atoms with Crippen molar-refractivity contribution in [2.24, 2.45) is 0 Å². The Labute approximate surface area is 120 Å². The number of rotatable bonds is 4. The smallest absolute Gasteiger partial charge is 0.406 e. The monoisotopic (exact) mass is 294 g/mol. The molecule has 110 valence electrons. The molecule has 0 radical (unpaired) electrons. The number of hydrogen-bond donors (Lipinski definition) is 0. The van der Waals surface area contributed by atoms with Crippen LogP contribution in [0.5, 0.6) is 5.75 Å². The summed E-state index contributed by atoms with van der Waals surface area (Å²) in [6, 6.07) is 11.3. The lowest BCUT2D eigenvalue weighted by molar-refractivity contribution is -0.274. The molecule has 0 aromatic heterocycles. The first-order valence-electron chi connectivity index (χ1n) is 6.36. The van der Waals surface area contributed by atoms with Crippen molar-refractivity contribution >= 4 is 6.29 Å². The topological polar surface area (TPSA) is 26.3 Å². The Hall–Kier alpha value is -2.30. The third-order valence-corrected chi connectivity index (χ3v) is 2.97. The summed E-state index contributed by atoms with van der Waals surface area (Å²) >= 11 is 0. The number of aldehydes is 1. The minimum atomic E-state index is -4.79. The van der Waals surface area contributed by atoms with E-state index in [-0.39, 0.29) is 5.56 Å². The van der Waals surface area contributed by atoms with Gasteiger partial charge in [0.2, 0.25) is 0 Å². The fourth-order valence-electron chi connectivity index (χ4n) is 2.02. The van der Waals surface area contributed by atoms with Crippen molar-refractivity contribution in [3.8, 4) is 16.9 Å². The molecule has 0 atom stereocenters. The highest BCUT2D eigenvalue weighted by Gasteiger charge is 2.31. The van der Waals surface area contributed by atoms with E-state index in [1.54, 1.807) is 6.07 Å². The minimum Gasteiger partial charge on any atom is -0.406 e. The molecule has 0 aliphatic heterocycles. The molecule has 0 aliphatic carbocycles. The van der Waals surface area contributed by atoms with Gasteiger partial charge in [0, 0.05) is 5.56 Å². The molecule has 0 fully saturated rings. The highest BCUT2D eigenvalue weighted by molar-refractivity contribution is 5.80. The average Bonchev–Trinajstić information content (AvgIpc) is 2.45. The first kappa shape index (κ1) is 15.1. The Morgan fingerprint density at radius 2 is 1.86 bits per heavy atom. The summed E-state index contributed by atoms with van der Waals surface area (Å²) in [4.78, 5) is 10.9. The second-order valence-corrected chi connectivity index (χ2v) is 4.51. The number of carbonyl (C=O) groups excluding carboxylic acids is 1. The van der Waals surface area contributed by atoms with Crippen LogP contribution in [0.1, 0.15) is 22.8 Å². The molecule has 0 unspecified atom stereocenters. The van der Waals surface area contributed by atoms with Gasteiger partial charge < -0.3 is 4.74 Å². The fourth-order valence-corrected chi connectivity index (χ4v) is 2.02. The van der Waals surface area contributed by atoms with E-state index in [9.17, 15) is 18.0 Å². The maximum absolute atomic E-state index is 12.3. The fraction of sp³-hybridized carbons (Fsp3) is 0.188. The third-order valence-electron chi connectivity index (χ3n) is 2.97. The lowest BCUT2D eigenvalue weighted by Gasteiger charge is -2.11. The van der Waals surface area contributed by atoms with Gasteiger partial charge in [-0.05, 0) is 41.3 Å². The third kappa shape index (κ3) is 4.08. The Bertz CT molecular complexity index is 648. The van der Waals surface area contributed by atoms with Gasteiger partial charge in [-0.1, -0.05) is 31.2 Å². The molecule has 0 aliphatic rings. The molecule has 2 aromatic rings. The van der Waals surface area contributed by atoms with Gasteiger partial charge in [-0.2, -0.15) is 0 Å². The van der Waals surface area contributed by atoms with Crippen LogP contribution in [0.4, 0.5) is 13.2 Å². The first-order chi connectivity index (χ1) is 9.91. The predicted octanol–water partition coefficient (Wildman–Crippen LogP) is 4.63. The SMILES string of the molecule is CCc1cccc(-c2cc(C=O)cc(OC(F)(F)F)c2)c1. The quantitative estimate of drug-likeness (QED) is 0.769. The van der Waals surface area contributed by atoms with Crippen LogP contribution in [0.25, 0.3) is 11.1 Å². The van der Waals surface area contributed by atoms with E-state index in [2.05, 4.69) is 4.74 Å². The van der Waals surface area contributed by atoms with Crippen molar-refractivity contribution in [2.75, 3.05) is 0 Å². The van der Waals surface area contributed by atoms with E-state index in [1.165, 1.54) is 12.1 Å². The van der Waals surface area contributed by atoms with Crippen LogP contribution in [0.2, 0.25) is 0 Å². The van der Waals surface area contributed by atoms with E-state index in [1.807, 2.05) is 25.1 Å². The summed E-state index contributed by atoms with van der Waals surface area (Å²) in [5.74, 6) is -0.399. The molecule has 0 spiro atoms. The van der Waals surface area contributed by atoms with E-state index in [0.717, 1.165) is 23.6 Å². The van der Waals surface area contributed by atoms with Gasteiger partial charge in [0.05, 0.1) is 0 Å². The van der Waals surface area contributed by atoms with Crippen LogP contribution >= 0.6 is 0 Å². The van der Waals surface area contributed by atoms with Gasteiger partial charge in [0.15, 0.2) is 0 Å². The van der Waals surface area contributed by atoms with Gasteiger partial charge in [-0.3, -0.25) is 4.79 Å². The number of benzene rings is 2. The van der Waals surface area contributed by atoms with Crippen molar-refractivity contribution in [2.45, 2.75) is 19.7 Å². The van der Waals surface area contributed by atoms with Crippen LogP contribution in [0.15, 0.2) is 42.5 Å². The van der Waals surface area contributed by atoms with E-state index in [0.29, 0.717) is 11.8 Å². The maximum Gasteiger partial charge on any atom is 0.573 e. The largest absolute Gasteiger partial charge is 0.573 e. The Kier molecular flexibility index (Phi) is 4.31. The van der Waals surface area contributed by atoms with Gasteiger partial charge in [0.25, 0.3) is 0 Å². The molecule has 0 saturated carbocycles. The molecule has 0 amide bonds. The lowest BCUT2D eigenvalue weighted by Crippen LogP contribution is -2.17. The molecular formula is C16H13F3O2. The van der Waals surface area contributed by atoms with Crippen LogP contribution in [0, 0.1) is 0 Å². The Morgan fingerprint density at radius 1 is 1.10 bits per heavy atom. The number of halogens is 3. The van der Waals surface area contributed by atoms with E-state index in [4.69, 9.17) is 0 Å². The van der Waals surface area contributed by atoms with Crippen LogP contribution < -0.4 is 4.74 Å². The molecule has 2 aromatic carbocycles. The highest BCUT2D eigenvalue weighted by atomic mass is 19.4. The van der Waals surface area contributed by atoms with E-state index < -0.39 is 12.1 Å². The Balaban J connectivity index is 2.47. The molecule has 2 nitrogen and oxygen atoms in total. The summed E-state index contributed by atoms with van der Waals surface area (Å²) < 4.78 is 40.9. The van der Waals surface area contributed by atoms with Crippen LogP contribution in [-0.2, 0) is 6.42 Å². The first-order valence-corrected chi connectivity index (χ1v) is 6.36. The van der Waals surface area contributed by atoms with E-state index >= 15 is 0 Å². The van der Waals surface area contributed by atoms with Gasteiger partial charge in [0.1, 0.15) is 12.0 Å². The van der Waals surface area contributed by atoms with Gasteiger partial charge >= 0.3 is 6.36 Å². The number of ether oxygens (including phenoxy) is 1. The van der Waals surface area contributed by atoms with Crippen LogP contribution in [0.3, 0.4) is 0 Å². The molecule has 0 saturated heterocycles. The average molecular weight is 294 g/mol. The molecule has 21 heavy (non-hydrogen) atoms. The number of aryl methyl sites for hydroxylation is 1. The maximum atomic E-state index is 12.3. The lowest BCUT2D eigenvalue weighted by atomic mass is 10.00. The van der Waals surface area contributed by atoms with Crippen molar-refractivity contribution < 1.29 is 22.7 Å². The normalized spacial score (nSPS) is 11.2. The van der Waals surface area contributed by atoms with Gasteiger partial charge in [-0.25, -0.2) is 0 Å². The summed E-state index contributed by atoms with van der Waals surface area (Å²) in [6.07, 6.45) is -3.48. The number of carbonyl (C=O) groups is 1. The molecular weight excluding hydrogens is 281 g/mol. The molecule has 2 rings (SSSR count). The van der Waals surface area contributed by atoms with Crippen molar-refractivity contribution in [1.82, 2.24) is 0 Å². The summed E-state index contributed by atoms with van der Waals surface area (Å²) in [5, 5.41) is 0. The summed E-state index contributed by atoms with van der Waals surface area (Å²) in [6.45, 7) is 1.99. The molecule has 0 N–H and O–H groups in total. The molecule has 0 bridgehead atoms. The number of hydrogen-bond acceptors (Lipinski definition) is 2. The second kappa shape index (κ2) is 5.99. The molecule has 0 heterocycles. The Morgan fingerprint density at radius 3 is 2.48 bits per heavy atom. The van der Waals surface area contributed by atoms with Crippen molar-refractivity contribution in [3.05, 3.63) is 53.6 Å². The zero-order chi connectivity index (χ0) is 15.5. The zero-order valence-electron chi connectivity index (χ0n) is 11.3. The highest BCUT2D eigenvalue weighted by Crippen LogP contribution is 2.30. The van der Waals surface area contributed by atoms with Crippen molar-refractivity contribution in [1.29, 1.82) is 0 Å². The minimum absolute atomic E-state index is 0.133.